The Morgan fingerprint density at radius 2 is 1.62 bits per heavy atom. The molecule has 4 atom stereocenters. The molecule has 2 aliphatic rings. The summed E-state index contributed by atoms with van der Waals surface area (Å²) in [6.45, 7) is 5.24. The van der Waals surface area contributed by atoms with E-state index in [-0.39, 0.29) is 0 Å². The van der Waals surface area contributed by atoms with Crippen molar-refractivity contribution in [2.75, 3.05) is 7.11 Å². The zero-order valence-electron chi connectivity index (χ0n) is 12.7. The molecule has 0 aromatic carbocycles. The minimum Gasteiger partial charge on any atom is -0.481 e. The molecule has 0 saturated carbocycles. The van der Waals surface area contributed by atoms with Crippen molar-refractivity contribution in [1.82, 2.24) is 4.90 Å². The molecule has 0 aromatic heterocycles. The number of fused-ring (bicyclic) bond motifs is 2. The smallest absolute Gasteiger partial charge is 0.410 e. The quantitative estimate of drug-likeness (QED) is 0.772. The number of hydrogen-bond donors (Lipinski definition) is 1. The van der Waals surface area contributed by atoms with Gasteiger partial charge >= 0.3 is 18.0 Å². The highest BCUT2D eigenvalue weighted by Crippen LogP contribution is 2.47. The normalized spacial score (nSPS) is 31.1. The number of hydrogen-bond acceptors (Lipinski definition) is 5. The molecule has 2 fully saturated rings. The Bertz CT molecular complexity index is 469. The van der Waals surface area contributed by atoms with Crippen LogP contribution in [0, 0.1) is 11.8 Å². The predicted octanol–water partition coefficient (Wildman–Crippen LogP) is 1.26. The molecule has 1 N–H and O–H groups in total. The van der Waals surface area contributed by atoms with Gasteiger partial charge in [0.1, 0.15) is 5.60 Å². The molecule has 7 heteroatoms. The van der Waals surface area contributed by atoms with Crippen LogP contribution in [0.15, 0.2) is 0 Å². The number of carboxylic acid groups (broad SMARTS) is 1. The van der Waals surface area contributed by atoms with Crippen LogP contribution in [0.25, 0.3) is 0 Å². The molecule has 21 heavy (non-hydrogen) atoms. The van der Waals surface area contributed by atoms with E-state index in [1.165, 1.54) is 12.0 Å². The fourth-order valence-corrected chi connectivity index (χ4v) is 3.39. The molecule has 2 rings (SSSR count). The number of rotatable bonds is 2. The van der Waals surface area contributed by atoms with Crippen LogP contribution in [-0.4, -0.2) is 52.8 Å². The summed E-state index contributed by atoms with van der Waals surface area (Å²) in [6.07, 6.45) is 0.592. The molecular weight excluding hydrogens is 278 g/mol. The first-order valence-electron chi connectivity index (χ1n) is 6.99. The van der Waals surface area contributed by atoms with E-state index >= 15 is 0 Å². The van der Waals surface area contributed by atoms with Crippen molar-refractivity contribution in [3.8, 4) is 0 Å². The summed E-state index contributed by atoms with van der Waals surface area (Å²) in [5.41, 5.74) is -0.668. The zero-order chi connectivity index (χ0) is 15.9. The highest BCUT2D eigenvalue weighted by molar-refractivity contribution is 5.86. The molecule has 0 spiro atoms. The molecule has 2 heterocycles. The molecular formula is C14H21NO6. The van der Waals surface area contributed by atoms with Crippen LogP contribution < -0.4 is 0 Å². The molecule has 2 bridgehead atoms. The van der Waals surface area contributed by atoms with E-state index in [2.05, 4.69) is 0 Å². The van der Waals surface area contributed by atoms with Gasteiger partial charge in [-0.15, -0.1) is 0 Å². The zero-order valence-corrected chi connectivity index (χ0v) is 12.7. The third kappa shape index (κ3) is 2.69. The topological polar surface area (TPSA) is 93.1 Å². The van der Waals surface area contributed by atoms with Gasteiger partial charge in [-0.3, -0.25) is 9.59 Å². The van der Waals surface area contributed by atoms with Gasteiger partial charge in [-0.25, -0.2) is 4.79 Å². The highest BCUT2D eigenvalue weighted by atomic mass is 16.6. The van der Waals surface area contributed by atoms with E-state index in [4.69, 9.17) is 9.47 Å². The van der Waals surface area contributed by atoms with Gasteiger partial charge in [-0.2, -0.15) is 0 Å². The first-order valence-corrected chi connectivity index (χ1v) is 6.99. The lowest BCUT2D eigenvalue weighted by molar-refractivity contribution is -0.156. The monoisotopic (exact) mass is 299 g/mol. The summed E-state index contributed by atoms with van der Waals surface area (Å²) in [5.74, 6) is -3.41. The molecule has 2 aliphatic heterocycles. The lowest BCUT2D eigenvalue weighted by atomic mass is 9.79. The Morgan fingerprint density at radius 3 is 2.05 bits per heavy atom. The first-order chi connectivity index (χ1) is 9.67. The Labute approximate surface area is 123 Å². The minimum atomic E-state index is -1.08. The maximum Gasteiger partial charge on any atom is 0.410 e. The van der Waals surface area contributed by atoms with E-state index in [1.54, 1.807) is 20.8 Å². The maximum absolute atomic E-state index is 12.3. The lowest BCUT2D eigenvalue weighted by Gasteiger charge is -2.27. The Morgan fingerprint density at radius 1 is 1.10 bits per heavy atom. The van der Waals surface area contributed by atoms with Crippen molar-refractivity contribution >= 4 is 18.0 Å². The van der Waals surface area contributed by atoms with Crippen LogP contribution in [0.1, 0.15) is 33.6 Å². The van der Waals surface area contributed by atoms with Gasteiger partial charge in [0.25, 0.3) is 0 Å². The van der Waals surface area contributed by atoms with Crippen LogP contribution in [0.2, 0.25) is 0 Å². The number of ether oxygens (including phenoxy) is 2. The van der Waals surface area contributed by atoms with E-state index in [1.807, 2.05) is 0 Å². The largest absolute Gasteiger partial charge is 0.481 e. The predicted molar refractivity (Wildman–Crippen MR) is 71.5 cm³/mol. The number of carbonyl (C=O) groups excluding carboxylic acids is 2. The third-order valence-electron chi connectivity index (χ3n) is 4.05. The lowest BCUT2D eigenvalue weighted by Crippen LogP contribution is -2.41. The van der Waals surface area contributed by atoms with E-state index in [0.717, 1.165) is 0 Å². The molecule has 1 amide bonds. The van der Waals surface area contributed by atoms with Crippen LogP contribution >= 0.6 is 0 Å². The Kier molecular flexibility index (Phi) is 3.86. The van der Waals surface area contributed by atoms with Crippen molar-refractivity contribution in [1.29, 1.82) is 0 Å². The Hall–Kier alpha value is -1.79. The summed E-state index contributed by atoms with van der Waals surface area (Å²) in [7, 11) is 1.23. The number of aliphatic carboxylic acids is 1. The molecule has 0 aromatic rings. The summed E-state index contributed by atoms with van der Waals surface area (Å²) in [6, 6.07) is -0.968. The molecule has 0 radical (unpaired) electrons. The average molecular weight is 299 g/mol. The Balaban J connectivity index is 2.28. The molecule has 0 unspecified atom stereocenters. The SMILES string of the molecule is COC(=O)[C@H]1[C@H](C(=O)O)[C@@H]2CC[C@H]1N2C(=O)OC(C)(C)C. The fourth-order valence-electron chi connectivity index (χ4n) is 3.39. The third-order valence-corrected chi connectivity index (χ3v) is 4.05. The first kappa shape index (κ1) is 15.6. The van der Waals surface area contributed by atoms with Crippen molar-refractivity contribution < 1.29 is 29.0 Å². The van der Waals surface area contributed by atoms with Gasteiger partial charge < -0.3 is 19.5 Å². The second kappa shape index (κ2) is 5.20. The number of amides is 1. The minimum absolute atomic E-state index is 0.460. The molecule has 0 aliphatic carbocycles. The van der Waals surface area contributed by atoms with Gasteiger partial charge in [0, 0.05) is 12.1 Å². The van der Waals surface area contributed by atoms with Crippen molar-refractivity contribution in [2.24, 2.45) is 11.8 Å². The summed E-state index contributed by atoms with van der Waals surface area (Å²) < 4.78 is 10.0. The molecule has 2 saturated heterocycles. The summed E-state index contributed by atoms with van der Waals surface area (Å²) in [4.78, 5) is 37.1. The van der Waals surface area contributed by atoms with Gasteiger partial charge in [0.15, 0.2) is 0 Å². The van der Waals surface area contributed by atoms with Gasteiger partial charge in [0.05, 0.1) is 18.9 Å². The van der Waals surface area contributed by atoms with Crippen molar-refractivity contribution in [2.45, 2.75) is 51.3 Å². The number of carbonyl (C=O) groups is 3. The van der Waals surface area contributed by atoms with Gasteiger partial charge in [-0.05, 0) is 33.6 Å². The van der Waals surface area contributed by atoms with Crippen LogP contribution in [0.4, 0.5) is 4.79 Å². The maximum atomic E-state index is 12.3. The van der Waals surface area contributed by atoms with E-state index in [9.17, 15) is 19.5 Å². The number of carboxylic acids is 1. The van der Waals surface area contributed by atoms with E-state index in [0.29, 0.717) is 12.8 Å². The second-order valence-electron chi connectivity index (χ2n) is 6.51. The van der Waals surface area contributed by atoms with Crippen LogP contribution in [0.3, 0.4) is 0 Å². The summed E-state index contributed by atoms with van der Waals surface area (Å²) >= 11 is 0. The second-order valence-corrected chi connectivity index (χ2v) is 6.51. The van der Waals surface area contributed by atoms with E-state index < -0.39 is 47.6 Å². The van der Waals surface area contributed by atoms with Gasteiger partial charge in [0.2, 0.25) is 0 Å². The average Bonchev–Trinajstić information content (AvgIpc) is 2.90. The standard InChI is InChI=1S/C14H21NO6/c1-14(2,3)21-13(19)15-7-5-6-8(15)10(12(18)20-4)9(7)11(16)17/h7-10H,5-6H2,1-4H3,(H,16,17)/t7-,8+,9+,10+/m0/s1. The highest BCUT2D eigenvalue weighted by Gasteiger charge is 2.61. The fraction of sp³-hybridized carbons (Fsp3) is 0.786. The number of nitrogens with zero attached hydrogens (tertiary/aromatic N) is 1. The summed E-state index contributed by atoms with van der Waals surface area (Å²) in [5, 5.41) is 9.40. The van der Waals surface area contributed by atoms with Crippen LogP contribution in [0.5, 0.6) is 0 Å². The van der Waals surface area contributed by atoms with Gasteiger partial charge in [-0.1, -0.05) is 0 Å². The van der Waals surface area contributed by atoms with Crippen LogP contribution in [-0.2, 0) is 19.1 Å². The number of methoxy groups -OCH3 is 1. The molecule has 7 nitrogen and oxygen atoms in total. The van der Waals surface area contributed by atoms with Crippen molar-refractivity contribution in [3.05, 3.63) is 0 Å². The van der Waals surface area contributed by atoms with Crippen molar-refractivity contribution in [3.63, 3.8) is 0 Å². The molecule has 118 valence electrons. The number of esters is 1.